The molecule has 0 radical (unpaired) electrons. The van der Waals surface area contributed by atoms with Gasteiger partial charge in [-0.2, -0.15) is 0 Å². The Bertz CT molecular complexity index is 864. The van der Waals surface area contributed by atoms with Gasteiger partial charge in [0, 0.05) is 30.0 Å². The smallest absolute Gasteiger partial charge is 0.274 e. The molecule has 2 rings (SSSR count). The van der Waals surface area contributed by atoms with Crippen LogP contribution in [0.15, 0.2) is 41.4 Å². The van der Waals surface area contributed by atoms with E-state index >= 15 is 0 Å². The lowest BCUT2D eigenvalue weighted by Gasteiger charge is -2.07. The van der Waals surface area contributed by atoms with Gasteiger partial charge < -0.3 is 15.2 Å². The van der Waals surface area contributed by atoms with Crippen molar-refractivity contribution in [1.82, 2.24) is 0 Å². The number of nitrogens with one attached hydrogen (secondary N) is 1. The summed E-state index contributed by atoms with van der Waals surface area (Å²) >= 11 is 0. The third-order valence-electron chi connectivity index (χ3n) is 3.76. The Labute approximate surface area is 156 Å². The van der Waals surface area contributed by atoms with Gasteiger partial charge in [0.2, 0.25) is 5.91 Å². The van der Waals surface area contributed by atoms with Crippen LogP contribution in [0.25, 0.3) is 0 Å². The number of benzene rings is 2. The summed E-state index contributed by atoms with van der Waals surface area (Å²) < 4.78 is 4.96. The molecule has 0 saturated carbocycles. The molecule has 0 unspecified atom stereocenters. The molecule has 0 heterocycles. The molecule has 0 aromatic heterocycles. The second-order valence-electron chi connectivity index (χ2n) is 5.80. The van der Waals surface area contributed by atoms with Gasteiger partial charge in [-0.15, -0.1) is 0 Å². The van der Waals surface area contributed by atoms with Crippen molar-refractivity contribution in [2.24, 2.45) is 4.99 Å². The number of carbonyl (C=O) groups excluding carboxylic acids is 1. The summed E-state index contributed by atoms with van der Waals surface area (Å²) in [5.74, 6) is -0.322. The van der Waals surface area contributed by atoms with Crippen LogP contribution < -0.4 is 10.1 Å². The second kappa shape index (κ2) is 9.33. The molecule has 8 heteroatoms. The Balaban J connectivity index is 2.23. The van der Waals surface area contributed by atoms with E-state index in [9.17, 15) is 20.0 Å². The molecule has 0 aliphatic carbocycles. The van der Waals surface area contributed by atoms with E-state index in [2.05, 4.69) is 10.3 Å². The van der Waals surface area contributed by atoms with E-state index in [1.165, 1.54) is 19.4 Å². The predicted molar refractivity (Wildman–Crippen MR) is 103 cm³/mol. The maximum absolute atomic E-state index is 11.8. The van der Waals surface area contributed by atoms with Crippen LogP contribution in [0.1, 0.15) is 31.7 Å². The van der Waals surface area contributed by atoms with Gasteiger partial charge in [-0.3, -0.25) is 19.9 Å². The van der Waals surface area contributed by atoms with Crippen molar-refractivity contribution < 1.29 is 19.6 Å². The molecular weight excluding hydrogens is 350 g/mol. The van der Waals surface area contributed by atoms with E-state index in [4.69, 9.17) is 4.74 Å². The van der Waals surface area contributed by atoms with Crippen LogP contribution in [-0.4, -0.2) is 29.3 Å². The zero-order valence-corrected chi connectivity index (χ0v) is 15.1. The first-order valence-corrected chi connectivity index (χ1v) is 8.44. The number of nitro groups is 1. The van der Waals surface area contributed by atoms with Crippen molar-refractivity contribution in [1.29, 1.82) is 0 Å². The molecule has 0 fully saturated rings. The zero-order chi connectivity index (χ0) is 19.8. The maximum Gasteiger partial charge on any atom is 0.274 e. The largest absolute Gasteiger partial charge is 0.504 e. The Hall–Kier alpha value is -3.42. The molecule has 27 heavy (non-hydrogen) atoms. The lowest BCUT2D eigenvalue weighted by atomic mass is 10.1. The number of nitro benzene ring substituents is 1. The fraction of sp³-hybridized carbons (Fsp3) is 0.263. The summed E-state index contributed by atoms with van der Waals surface area (Å²) in [4.78, 5) is 26.5. The molecule has 0 aliphatic rings. The van der Waals surface area contributed by atoms with E-state index < -0.39 is 4.92 Å². The Morgan fingerprint density at radius 3 is 2.81 bits per heavy atom. The third-order valence-corrected chi connectivity index (χ3v) is 3.76. The highest BCUT2D eigenvalue weighted by molar-refractivity contribution is 5.92. The number of non-ortho nitro benzene ring substituents is 1. The molecule has 142 valence electrons. The molecule has 8 nitrogen and oxygen atoms in total. The van der Waals surface area contributed by atoms with Crippen molar-refractivity contribution in [2.45, 2.75) is 26.2 Å². The van der Waals surface area contributed by atoms with Crippen LogP contribution in [-0.2, 0) is 4.79 Å². The Morgan fingerprint density at radius 1 is 1.37 bits per heavy atom. The standard InChI is InChI=1S/C19H21N3O5/c1-3-4-8-18(23)21-15-7-5-6-14(10-15)20-12-13-9-16(22(25)26)11-17(27-2)19(13)24/h5-7,9-12,24H,3-4,8H2,1-2H3,(H,21,23). The number of hydrogen-bond donors (Lipinski definition) is 2. The molecule has 0 aliphatic heterocycles. The number of phenolic OH excluding ortho intramolecular Hbond substituents is 1. The highest BCUT2D eigenvalue weighted by Crippen LogP contribution is 2.33. The second-order valence-corrected chi connectivity index (χ2v) is 5.80. The third kappa shape index (κ3) is 5.53. The van der Waals surface area contributed by atoms with Crippen molar-refractivity contribution in [3.8, 4) is 11.5 Å². The van der Waals surface area contributed by atoms with E-state index in [1.54, 1.807) is 24.3 Å². The number of nitrogens with zero attached hydrogens (tertiary/aromatic N) is 2. The normalized spacial score (nSPS) is 10.7. The van der Waals surface area contributed by atoms with E-state index in [0.29, 0.717) is 17.8 Å². The minimum atomic E-state index is -0.578. The van der Waals surface area contributed by atoms with E-state index in [1.807, 2.05) is 6.92 Å². The highest BCUT2D eigenvalue weighted by Gasteiger charge is 2.15. The number of amides is 1. The lowest BCUT2D eigenvalue weighted by Crippen LogP contribution is -2.10. The predicted octanol–water partition coefficient (Wildman–Crippen LogP) is 4.19. The van der Waals surface area contributed by atoms with Crippen LogP contribution in [0.2, 0.25) is 0 Å². The summed E-state index contributed by atoms with van der Waals surface area (Å²) in [6, 6.07) is 9.21. The van der Waals surface area contributed by atoms with Crippen molar-refractivity contribution in [3.63, 3.8) is 0 Å². The number of unbranched alkanes of at least 4 members (excludes halogenated alkanes) is 1. The number of aromatic hydroxyl groups is 1. The molecule has 2 aromatic carbocycles. The first-order chi connectivity index (χ1) is 12.9. The van der Waals surface area contributed by atoms with Crippen LogP contribution in [0.4, 0.5) is 17.1 Å². The first kappa shape index (κ1) is 19.9. The summed E-state index contributed by atoms with van der Waals surface area (Å²) in [6.07, 6.45) is 3.51. The van der Waals surface area contributed by atoms with Crippen LogP contribution in [0.3, 0.4) is 0 Å². The molecule has 2 aromatic rings. The van der Waals surface area contributed by atoms with Crippen LogP contribution >= 0.6 is 0 Å². The van der Waals surface area contributed by atoms with Crippen LogP contribution in [0, 0.1) is 10.1 Å². The fourth-order valence-electron chi connectivity index (χ4n) is 2.34. The average Bonchev–Trinajstić information content (AvgIpc) is 2.65. The molecule has 0 spiro atoms. The SMILES string of the molecule is CCCCC(=O)Nc1cccc(N=Cc2cc([N+](=O)[O-])cc(OC)c2O)c1. The number of anilines is 1. The molecular formula is C19H21N3O5. The quantitative estimate of drug-likeness (QED) is 0.410. The molecule has 0 atom stereocenters. The summed E-state index contributed by atoms with van der Waals surface area (Å²) in [7, 11) is 1.31. The maximum atomic E-state index is 11.8. The van der Waals surface area contributed by atoms with Crippen LogP contribution in [0.5, 0.6) is 11.5 Å². The topological polar surface area (TPSA) is 114 Å². The lowest BCUT2D eigenvalue weighted by molar-refractivity contribution is -0.385. The Kier molecular flexibility index (Phi) is 6.87. The minimum Gasteiger partial charge on any atom is -0.504 e. The van der Waals surface area contributed by atoms with Gasteiger partial charge in [0.05, 0.1) is 23.8 Å². The summed E-state index contributed by atoms with van der Waals surface area (Å²) in [5, 5.41) is 23.9. The number of methoxy groups -OCH3 is 1. The van der Waals surface area contributed by atoms with Gasteiger partial charge in [0.1, 0.15) is 0 Å². The molecule has 0 bridgehead atoms. The molecule has 2 N–H and O–H groups in total. The van der Waals surface area contributed by atoms with Crippen molar-refractivity contribution >= 4 is 29.2 Å². The Morgan fingerprint density at radius 2 is 2.15 bits per heavy atom. The van der Waals surface area contributed by atoms with Gasteiger partial charge in [-0.1, -0.05) is 19.4 Å². The summed E-state index contributed by atoms with van der Waals surface area (Å²) in [5.41, 5.74) is 1.06. The highest BCUT2D eigenvalue weighted by atomic mass is 16.6. The number of hydrogen-bond acceptors (Lipinski definition) is 6. The monoisotopic (exact) mass is 371 g/mol. The fourth-order valence-corrected chi connectivity index (χ4v) is 2.34. The zero-order valence-electron chi connectivity index (χ0n) is 15.1. The van der Waals surface area contributed by atoms with E-state index in [0.717, 1.165) is 18.9 Å². The molecule has 1 amide bonds. The van der Waals surface area contributed by atoms with Crippen molar-refractivity contribution in [3.05, 3.63) is 52.1 Å². The van der Waals surface area contributed by atoms with Gasteiger partial charge in [-0.05, 0) is 24.6 Å². The minimum absolute atomic E-state index is 0.0115. The number of ether oxygens (including phenoxy) is 1. The molecule has 0 saturated heterocycles. The number of carbonyl (C=O) groups is 1. The number of rotatable bonds is 8. The van der Waals surface area contributed by atoms with Gasteiger partial charge in [-0.25, -0.2) is 0 Å². The van der Waals surface area contributed by atoms with Gasteiger partial charge in [0.15, 0.2) is 11.5 Å². The van der Waals surface area contributed by atoms with Gasteiger partial charge >= 0.3 is 0 Å². The number of aliphatic imine (C=N–C) groups is 1. The average molecular weight is 371 g/mol. The first-order valence-electron chi connectivity index (χ1n) is 8.44. The van der Waals surface area contributed by atoms with E-state index in [-0.39, 0.29) is 28.7 Å². The summed E-state index contributed by atoms with van der Waals surface area (Å²) in [6.45, 7) is 2.01. The number of phenols is 1. The van der Waals surface area contributed by atoms with Gasteiger partial charge in [0.25, 0.3) is 5.69 Å². The van der Waals surface area contributed by atoms with Crippen molar-refractivity contribution in [2.75, 3.05) is 12.4 Å².